The number of anilines is 1. The van der Waals surface area contributed by atoms with Gasteiger partial charge in [0.2, 0.25) is 0 Å². The molecular formula is C19H17NO3S2. The summed E-state index contributed by atoms with van der Waals surface area (Å²) in [6, 6.07) is 17.3. The first kappa shape index (κ1) is 17.4. The normalized spacial score (nSPS) is 10.3. The molecule has 128 valence electrons. The zero-order valence-electron chi connectivity index (χ0n) is 13.8. The van der Waals surface area contributed by atoms with Crippen molar-refractivity contribution in [3.05, 3.63) is 64.9 Å². The van der Waals surface area contributed by atoms with Crippen LogP contribution >= 0.6 is 23.1 Å². The van der Waals surface area contributed by atoms with Gasteiger partial charge in [-0.25, -0.2) is 0 Å². The van der Waals surface area contributed by atoms with Crippen LogP contribution in [0.2, 0.25) is 0 Å². The van der Waals surface area contributed by atoms with Crippen molar-refractivity contribution in [2.45, 2.75) is 9.79 Å². The molecule has 1 aromatic heterocycles. The number of carbonyl (C=O) groups excluding carboxylic acids is 1. The lowest BCUT2D eigenvalue weighted by Gasteiger charge is -2.15. The maximum absolute atomic E-state index is 12.3. The van der Waals surface area contributed by atoms with E-state index in [-0.39, 0.29) is 5.91 Å². The third kappa shape index (κ3) is 4.15. The van der Waals surface area contributed by atoms with Gasteiger partial charge in [-0.2, -0.15) is 0 Å². The summed E-state index contributed by atoms with van der Waals surface area (Å²) in [5, 5.41) is 4.75. The van der Waals surface area contributed by atoms with Crippen molar-refractivity contribution in [1.82, 2.24) is 0 Å². The molecule has 0 aliphatic carbocycles. The van der Waals surface area contributed by atoms with E-state index >= 15 is 0 Å². The van der Waals surface area contributed by atoms with E-state index in [1.165, 1.54) is 11.3 Å². The molecule has 0 fully saturated rings. The minimum Gasteiger partial charge on any atom is -0.495 e. The molecular weight excluding hydrogens is 354 g/mol. The summed E-state index contributed by atoms with van der Waals surface area (Å²) in [5.74, 6) is 1.10. The number of hydrogen-bond acceptors (Lipinski definition) is 5. The molecule has 25 heavy (non-hydrogen) atoms. The van der Waals surface area contributed by atoms with Crippen LogP contribution in [0.3, 0.4) is 0 Å². The summed E-state index contributed by atoms with van der Waals surface area (Å²) in [6.07, 6.45) is 0. The molecule has 0 aliphatic heterocycles. The van der Waals surface area contributed by atoms with E-state index in [2.05, 4.69) is 5.32 Å². The number of thiophene rings is 1. The molecule has 0 unspecified atom stereocenters. The quantitative estimate of drug-likeness (QED) is 0.649. The monoisotopic (exact) mass is 371 g/mol. The van der Waals surface area contributed by atoms with Crippen molar-refractivity contribution >= 4 is 34.7 Å². The number of carbonyl (C=O) groups is 1. The minimum atomic E-state index is -0.168. The van der Waals surface area contributed by atoms with Gasteiger partial charge in [-0.15, -0.1) is 11.3 Å². The second-order valence-electron chi connectivity index (χ2n) is 5.05. The van der Waals surface area contributed by atoms with E-state index in [0.717, 1.165) is 9.79 Å². The molecule has 1 heterocycles. The van der Waals surface area contributed by atoms with Gasteiger partial charge in [0.1, 0.15) is 11.5 Å². The Labute approximate surface area is 154 Å². The highest BCUT2D eigenvalue weighted by atomic mass is 32.2. The van der Waals surface area contributed by atoms with Crippen LogP contribution in [-0.4, -0.2) is 20.1 Å². The van der Waals surface area contributed by atoms with E-state index in [9.17, 15) is 4.79 Å². The van der Waals surface area contributed by atoms with Gasteiger partial charge >= 0.3 is 0 Å². The van der Waals surface area contributed by atoms with E-state index in [0.29, 0.717) is 22.1 Å². The summed E-state index contributed by atoms with van der Waals surface area (Å²) in [7, 11) is 3.20. The van der Waals surface area contributed by atoms with Crippen LogP contribution in [0.5, 0.6) is 11.5 Å². The average molecular weight is 371 g/mol. The highest BCUT2D eigenvalue weighted by Gasteiger charge is 2.15. The zero-order valence-corrected chi connectivity index (χ0v) is 15.4. The van der Waals surface area contributed by atoms with Crippen LogP contribution in [0.1, 0.15) is 9.67 Å². The van der Waals surface area contributed by atoms with Gasteiger partial charge < -0.3 is 14.8 Å². The zero-order chi connectivity index (χ0) is 17.6. The Morgan fingerprint density at radius 1 is 1.00 bits per heavy atom. The third-order valence-corrected chi connectivity index (χ3v) is 5.37. The summed E-state index contributed by atoms with van der Waals surface area (Å²) >= 11 is 2.97. The molecule has 0 aliphatic rings. The van der Waals surface area contributed by atoms with Crippen LogP contribution < -0.4 is 14.8 Å². The molecule has 6 heteroatoms. The van der Waals surface area contributed by atoms with Crippen molar-refractivity contribution in [3.8, 4) is 11.5 Å². The maximum Gasteiger partial charge on any atom is 0.265 e. The topological polar surface area (TPSA) is 47.6 Å². The fourth-order valence-corrected chi connectivity index (χ4v) is 3.83. The van der Waals surface area contributed by atoms with E-state index in [4.69, 9.17) is 9.47 Å². The molecule has 0 saturated heterocycles. The Kier molecular flexibility index (Phi) is 5.63. The fourth-order valence-electron chi connectivity index (χ4n) is 2.25. The third-order valence-electron chi connectivity index (χ3n) is 3.45. The number of rotatable bonds is 6. The summed E-state index contributed by atoms with van der Waals surface area (Å²) in [6.45, 7) is 0. The second-order valence-corrected chi connectivity index (χ2v) is 7.11. The molecule has 0 radical (unpaired) electrons. The molecule has 0 spiro atoms. The lowest BCUT2D eigenvalue weighted by molar-refractivity contribution is 0.103. The molecule has 0 atom stereocenters. The Morgan fingerprint density at radius 2 is 1.76 bits per heavy atom. The SMILES string of the molecule is COc1cc(Sc2ccccc2)c(OC)cc1NC(=O)c1cccs1. The largest absolute Gasteiger partial charge is 0.495 e. The molecule has 3 aromatic rings. The van der Waals surface area contributed by atoms with Crippen LogP contribution in [0.25, 0.3) is 0 Å². The van der Waals surface area contributed by atoms with Crippen molar-refractivity contribution in [2.75, 3.05) is 19.5 Å². The highest BCUT2D eigenvalue weighted by Crippen LogP contribution is 2.41. The number of nitrogens with one attached hydrogen (secondary N) is 1. The number of benzene rings is 2. The van der Waals surface area contributed by atoms with Gasteiger partial charge in [0.15, 0.2) is 0 Å². The van der Waals surface area contributed by atoms with Gasteiger partial charge in [-0.1, -0.05) is 36.0 Å². The van der Waals surface area contributed by atoms with Gasteiger partial charge in [0.05, 0.1) is 29.7 Å². The minimum absolute atomic E-state index is 0.168. The van der Waals surface area contributed by atoms with Crippen LogP contribution in [0, 0.1) is 0 Å². The summed E-state index contributed by atoms with van der Waals surface area (Å²) < 4.78 is 11.0. The predicted molar refractivity (Wildman–Crippen MR) is 102 cm³/mol. The number of hydrogen-bond donors (Lipinski definition) is 1. The Hall–Kier alpha value is -2.44. The van der Waals surface area contributed by atoms with Crippen molar-refractivity contribution in [3.63, 3.8) is 0 Å². The van der Waals surface area contributed by atoms with Crippen LogP contribution in [0.4, 0.5) is 5.69 Å². The lowest BCUT2D eigenvalue weighted by atomic mass is 10.2. The molecule has 1 amide bonds. The molecule has 2 aromatic carbocycles. The Morgan fingerprint density at radius 3 is 2.40 bits per heavy atom. The molecule has 4 nitrogen and oxygen atoms in total. The Bertz CT molecular complexity index is 849. The first-order valence-corrected chi connectivity index (χ1v) is 9.24. The van der Waals surface area contributed by atoms with Crippen LogP contribution in [0.15, 0.2) is 69.8 Å². The molecule has 0 saturated carbocycles. The second kappa shape index (κ2) is 8.09. The van der Waals surface area contributed by atoms with Crippen molar-refractivity contribution in [2.24, 2.45) is 0 Å². The fraction of sp³-hybridized carbons (Fsp3) is 0.105. The van der Waals surface area contributed by atoms with E-state index in [1.807, 2.05) is 47.8 Å². The predicted octanol–water partition coefficient (Wildman–Crippen LogP) is 5.17. The number of ether oxygens (including phenoxy) is 2. The standard InChI is InChI=1S/C19H17NO3S2/c1-22-15-12-18(25-13-7-4-3-5-8-13)16(23-2)11-14(15)20-19(21)17-9-6-10-24-17/h3-12H,1-2H3,(H,20,21). The van der Waals surface area contributed by atoms with Gasteiger partial charge in [0.25, 0.3) is 5.91 Å². The van der Waals surface area contributed by atoms with Crippen molar-refractivity contribution in [1.29, 1.82) is 0 Å². The van der Waals surface area contributed by atoms with Gasteiger partial charge in [-0.3, -0.25) is 4.79 Å². The lowest BCUT2D eigenvalue weighted by Crippen LogP contribution is -2.11. The highest BCUT2D eigenvalue weighted by molar-refractivity contribution is 7.99. The van der Waals surface area contributed by atoms with Crippen molar-refractivity contribution < 1.29 is 14.3 Å². The molecule has 1 N–H and O–H groups in total. The molecule has 3 rings (SSSR count). The molecule has 0 bridgehead atoms. The number of amides is 1. The van der Waals surface area contributed by atoms with E-state index in [1.54, 1.807) is 38.1 Å². The first-order chi connectivity index (χ1) is 12.2. The van der Waals surface area contributed by atoms with Gasteiger partial charge in [-0.05, 0) is 29.6 Å². The summed E-state index contributed by atoms with van der Waals surface area (Å²) in [5.41, 5.74) is 0.579. The van der Waals surface area contributed by atoms with Gasteiger partial charge in [0, 0.05) is 11.0 Å². The average Bonchev–Trinajstić information content (AvgIpc) is 3.18. The van der Waals surface area contributed by atoms with Crippen LogP contribution in [-0.2, 0) is 0 Å². The van der Waals surface area contributed by atoms with E-state index < -0.39 is 0 Å². The maximum atomic E-state index is 12.3. The first-order valence-electron chi connectivity index (χ1n) is 7.55. The summed E-state index contributed by atoms with van der Waals surface area (Å²) in [4.78, 5) is 15.0. The Balaban J connectivity index is 1.90. The smallest absolute Gasteiger partial charge is 0.265 e. The number of methoxy groups -OCH3 is 2.